The second-order valence-electron chi connectivity index (χ2n) is 3.85. The van der Waals surface area contributed by atoms with Crippen LogP contribution in [0.5, 0.6) is 0 Å². The second-order valence-corrected chi connectivity index (χ2v) is 6.11. The van der Waals surface area contributed by atoms with E-state index < -0.39 is 9.84 Å². The molecule has 96 valence electrons. The molecule has 1 rings (SSSR count). The van der Waals surface area contributed by atoms with Crippen molar-refractivity contribution in [2.45, 2.75) is 13.3 Å². The Bertz CT molecular complexity index is 473. The number of hydrogen-bond acceptors (Lipinski definition) is 6. The van der Waals surface area contributed by atoms with Crippen molar-refractivity contribution in [2.24, 2.45) is 0 Å². The van der Waals surface area contributed by atoms with E-state index in [1.165, 1.54) is 6.26 Å². The fourth-order valence-electron chi connectivity index (χ4n) is 1.34. The molecular formula is C10H18N4O2S. The van der Waals surface area contributed by atoms with E-state index in [0.717, 1.165) is 5.82 Å². The van der Waals surface area contributed by atoms with Gasteiger partial charge in [-0.25, -0.2) is 18.4 Å². The van der Waals surface area contributed by atoms with E-state index in [1.807, 2.05) is 6.92 Å². The smallest absolute Gasteiger partial charge is 0.147 e. The van der Waals surface area contributed by atoms with E-state index >= 15 is 0 Å². The van der Waals surface area contributed by atoms with Crippen LogP contribution in [0, 0.1) is 6.92 Å². The minimum absolute atomic E-state index is 0.183. The van der Waals surface area contributed by atoms with Crippen molar-refractivity contribution in [3.63, 3.8) is 0 Å². The van der Waals surface area contributed by atoms with Crippen molar-refractivity contribution in [3.8, 4) is 0 Å². The number of sulfone groups is 1. The molecule has 0 unspecified atom stereocenters. The Morgan fingerprint density at radius 1 is 1.29 bits per heavy atom. The summed E-state index contributed by atoms with van der Waals surface area (Å²) in [5, 5.41) is 6.01. The van der Waals surface area contributed by atoms with Crippen LogP contribution < -0.4 is 10.6 Å². The molecule has 0 spiro atoms. The Labute approximate surface area is 102 Å². The minimum Gasteiger partial charge on any atom is -0.373 e. The summed E-state index contributed by atoms with van der Waals surface area (Å²) < 4.78 is 21.9. The van der Waals surface area contributed by atoms with Gasteiger partial charge in [0.2, 0.25) is 0 Å². The molecule has 1 aromatic rings. The second kappa shape index (κ2) is 5.81. The van der Waals surface area contributed by atoms with Gasteiger partial charge in [0.1, 0.15) is 27.3 Å². The van der Waals surface area contributed by atoms with Crippen molar-refractivity contribution in [1.29, 1.82) is 0 Å². The van der Waals surface area contributed by atoms with E-state index in [9.17, 15) is 8.42 Å². The molecule has 0 aromatic carbocycles. The van der Waals surface area contributed by atoms with E-state index in [4.69, 9.17) is 0 Å². The summed E-state index contributed by atoms with van der Waals surface area (Å²) in [6, 6.07) is 1.79. The third-order valence-corrected chi connectivity index (χ3v) is 3.12. The zero-order valence-electron chi connectivity index (χ0n) is 10.3. The maximum Gasteiger partial charge on any atom is 0.147 e. The topological polar surface area (TPSA) is 84.0 Å². The molecule has 0 saturated heterocycles. The van der Waals surface area contributed by atoms with Gasteiger partial charge in [0.15, 0.2) is 0 Å². The highest BCUT2D eigenvalue weighted by Crippen LogP contribution is 2.10. The molecule has 2 N–H and O–H groups in total. The Morgan fingerprint density at radius 3 is 2.53 bits per heavy atom. The predicted octanol–water partition coefficient (Wildman–Crippen LogP) is 0.673. The van der Waals surface area contributed by atoms with Crippen molar-refractivity contribution < 1.29 is 8.42 Å². The highest BCUT2D eigenvalue weighted by atomic mass is 32.2. The van der Waals surface area contributed by atoms with Crippen molar-refractivity contribution in [3.05, 3.63) is 11.9 Å². The first kappa shape index (κ1) is 13.7. The lowest BCUT2D eigenvalue weighted by atomic mass is 10.4. The summed E-state index contributed by atoms with van der Waals surface area (Å²) in [4.78, 5) is 8.37. The molecule has 7 heteroatoms. The number of hydrogen-bond donors (Lipinski definition) is 2. The molecule has 1 aromatic heterocycles. The molecular weight excluding hydrogens is 240 g/mol. The third-order valence-electron chi connectivity index (χ3n) is 2.09. The van der Waals surface area contributed by atoms with Gasteiger partial charge >= 0.3 is 0 Å². The van der Waals surface area contributed by atoms with Crippen LogP contribution in [0.1, 0.15) is 12.2 Å². The molecule has 0 aliphatic heterocycles. The summed E-state index contributed by atoms with van der Waals surface area (Å²) in [5.41, 5.74) is 0. The van der Waals surface area contributed by atoms with Crippen molar-refractivity contribution >= 4 is 21.5 Å². The number of rotatable bonds is 6. The summed E-state index contributed by atoms with van der Waals surface area (Å²) in [6.45, 7) is 2.38. The van der Waals surface area contributed by atoms with Gasteiger partial charge in [-0.1, -0.05) is 0 Å². The SMILES string of the molecule is CNc1cc(NCCCS(C)(=O)=O)nc(C)n1. The summed E-state index contributed by atoms with van der Waals surface area (Å²) in [6.07, 6.45) is 1.80. The minimum atomic E-state index is -2.88. The monoisotopic (exact) mass is 258 g/mol. The van der Waals surface area contributed by atoms with E-state index in [-0.39, 0.29) is 5.75 Å². The van der Waals surface area contributed by atoms with Gasteiger partial charge in [-0.2, -0.15) is 0 Å². The van der Waals surface area contributed by atoms with Crippen LogP contribution in [-0.4, -0.2) is 44.0 Å². The molecule has 0 amide bonds. The Kier molecular flexibility index (Phi) is 4.68. The Balaban J connectivity index is 2.49. The number of anilines is 2. The normalized spacial score (nSPS) is 11.2. The molecule has 1 heterocycles. The Hall–Kier alpha value is -1.37. The lowest BCUT2D eigenvalue weighted by molar-refractivity contribution is 0.600. The number of aryl methyl sites for hydroxylation is 1. The number of nitrogens with one attached hydrogen (secondary N) is 2. The summed E-state index contributed by atoms with van der Waals surface area (Å²) in [5.74, 6) is 2.30. The van der Waals surface area contributed by atoms with Gasteiger partial charge < -0.3 is 10.6 Å². The molecule has 0 fully saturated rings. The number of nitrogens with zero attached hydrogens (tertiary/aromatic N) is 2. The maximum absolute atomic E-state index is 10.9. The first-order valence-electron chi connectivity index (χ1n) is 5.36. The molecule has 0 bridgehead atoms. The van der Waals surface area contributed by atoms with Crippen LogP contribution in [0.4, 0.5) is 11.6 Å². The van der Waals surface area contributed by atoms with Crippen LogP contribution in [0.25, 0.3) is 0 Å². The first-order chi connectivity index (χ1) is 7.90. The fourth-order valence-corrected chi connectivity index (χ4v) is 2.01. The van der Waals surface area contributed by atoms with Crippen LogP contribution >= 0.6 is 0 Å². The van der Waals surface area contributed by atoms with E-state index in [2.05, 4.69) is 20.6 Å². The van der Waals surface area contributed by atoms with Crippen LogP contribution in [0.2, 0.25) is 0 Å². The molecule has 0 saturated carbocycles. The average Bonchev–Trinajstić information content (AvgIpc) is 2.22. The largest absolute Gasteiger partial charge is 0.373 e. The van der Waals surface area contributed by atoms with Crippen LogP contribution in [0.3, 0.4) is 0 Å². The van der Waals surface area contributed by atoms with Gasteiger partial charge in [0.25, 0.3) is 0 Å². The third kappa shape index (κ3) is 5.48. The highest BCUT2D eigenvalue weighted by molar-refractivity contribution is 7.90. The molecule has 0 atom stereocenters. The number of aromatic nitrogens is 2. The van der Waals surface area contributed by atoms with Gasteiger partial charge in [0, 0.05) is 25.9 Å². The van der Waals surface area contributed by atoms with Crippen LogP contribution in [-0.2, 0) is 9.84 Å². The molecule has 6 nitrogen and oxygen atoms in total. The Morgan fingerprint density at radius 2 is 1.94 bits per heavy atom. The van der Waals surface area contributed by atoms with Gasteiger partial charge in [-0.05, 0) is 13.3 Å². The lowest BCUT2D eigenvalue weighted by Gasteiger charge is -2.07. The van der Waals surface area contributed by atoms with Gasteiger partial charge in [-0.3, -0.25) is 0 Å². The lowest BCUT2D eigenvalue weighted by Crippen LogP contribution is -2.11. The summed E-state index contributed by atoms with van der Waals surface area (Å²) >= 11 is 0. The van der Waals surface area contributed by atoms with Crippen molar-refractivity contribution in [1.82, 2.24) is 9.97 Å². The maximum atomic E-state index is 10.9. The fraction of sp³-hybridized carbons (Fsp3) is 0.600. The highest BCUT2D eigenvalue weighted by Gasteiger charge is 2.03. The van der Waals surface area contributed by atoms with E-state index in [1.54, 1.807) is 13.1 Å². The zero-order chi connectivity index (χ0) is 12.9. The quantitative estimate of drug-likeness (QED) is 0.730. The average molecular weight is 258 g/mol. The zero-order valence-corrected chi connectivity index (χ0v) is 11.1. The van der Waals surface area contributed by atoms with Gasteiger partial charge in [-0.15, -0.1) is 0 Å². The molecule has 0 aliphatic rings. The molecule has 0 aliphatic carbocycles. The molecule has 0 radical (unpaired) electrons. The van der Waals surface area contributed by atoms with Crippen LogP contribution in [0.15, 0.2) is 6.07 Å². The van der Waals surface area contributed by atoms with Gasteiger partial charge in [0.05, 0.1) is 5.75 Å². The summed E-state index contributed by atoms with van der Waals surface area (Å²) in [7, 11) is -1.10. The molecule has 17 heavy (non-hydrogen) atoms. The predicted molar refractivity (Wildman–Crippen MR) is 69.1 cm³/mol. The van der Waals surface area contributed by atoms with E-state index in [0.29, 0.717) is 24.6 Å². The first-order valence-corrected chi connectivity index (χ1v) is 7.42. The standard InChI is InChI=1S/C10H18N4O2S/c1-8-13-9(11-2)7-10(14-8)12-5-4-6-17(3,15)16/h7H,4-6H2,1-3H3,(H2,11,12,13,14). The van der Waals surface area contributed by atoms with Crippen molar-refractivity contribution in [2.75, 3.05) is 36.2 Å².